The van der Waals surface area contributed by atoms with Gasteiger partial charge in [-0.25, -0.2) is 0 Å². The average Bonchev–Trinajstić information content (AvgIpc) is 2.56. The fraction of sp³-hybridized carbons (Fsp3) is 0.333. The van der Waals surface area contributed by atoms with Gasteiger partial charge in [-0.15, -0.1) is 23.5 Å². The predicted octanol–water partition coefficient (Wildman–Crippen LogP) is 5.59. The van der Waals surface area contributed by atoms with E-state index in [0.717, 1.165) is 35.1 Å². The van der Waals surface area contributed by atoms with Crippen molar-refractivity contribution in [1.82, 2.24) is 0 Å². The molecule has 4 heteroatoms. The number of hydrogen-bond donors (Lipinski definition) is 0. The summed E-state index contributed by atoms with van der Waals surface area (Å²) in [5, 5.41) is 20.4. The highest BCUT2D eigenvalue weighted by atomic mass is 32.2. The van der Waals surface area contributed by atoms with Gasteiger partial charge in [-0.3, -0.25) is 0 Å². The molecule has 0 aliphatic carbocycles. The molecule has 2 rings (SSSR count). The molecule has 2 nitrogen and oxygen atoms in total. The summed E-state index contributed by atoms with van der Waals surface area (Å²) in [5.74, 6) is 2.18. The molecule has 0 saturated carbocycles. The van der Waals surface area contributed by atoms with Gasteiger partial charge in [0, 0.05) is 9.79 Å². The smallest absolute Gasteiger partial charge is 0.101 e. The third-order valence-electron chi connectivity index (χ3n) is 3.20. The predicted molar refractivity (Wildman–Crippen MR) is 95.4 cm³/mol. The van der Waals surface area contributed by atoms with Gasteiger partial charge in [-0.05, 0) is 59.4 Å². The fourth-order valence-corrected chi connectivity index (χ4v) is 4.17. The van der Waals surface area contributed by atoms with Crippen LogP contribution in [0, 0.1) is 22.7 Å². The van der Waals surface area contributed by atoms with Gasteiger partial charge in [-0.1, -0.05) is 13.8 Å². The van der Waals surface area contributed by atoms with Crippen molar-refractivity contribution in [2.75, 3.05) is 11.5 Å². The van der Waals surface area contributed by atoms with Gasteiger partial charge in [0.05, 0.1) is 11.1 Å². The molecule has 0 aliphatic rings. The van der Waals surface area contributed by atoms with E-state index < -0.39 is 0 Å². The van der Waals surface area contributed by atoms with Crippen molar-refractivity contribution in [3.05, 3.63) is 35.4 Å². The van der Waals surface area contributed by atoms with Gasteiger partial charge in [0.15, 0.2) is 0 Å². The van der Waals surface area contributed by atoms with Gasteiger partial charge in [0.25, 0.3) is 0 Å². The molecule has 0 aromatic heterocycles. The lowest BCUT2D eigenvalue weighted by Gasteiger charge is -2.11. The summed E-state index contributed by atoms with van der Waals surface area (Å²) in [6.45, 7) is 4.36. The normalized spacial score (nSPS) is 10.4. The highest BCUT2D eigenvalue weighted by Crippen LogP contribution is 2.36. The van der Waals surface area contributed by atoms with Crippen molar-refractivity contribution in [1.29, 1.82) is 10.5 Å². The lowest BCUT2D eigenvalue weighted by Crippen LogP contribution is -1.89. The molecule has 112 valence electrons. The number of benzene rings is 2. The minimum Gasteiger partial charge on any atom is -0.192 e. The first-order valence-electron chi connectivity index (χ1n) is 7.41. The van der Waals surface area contributed by atoms with E-state index in [1.807, 2.05) is 35.7 Å². The summed E-state index contributed by atoms with van der Waals surface area (Å²) in [7, 11) is 0. The molecule has 0 fully saturated rings. The zero-order valence-electron chi connectivity index (χ0n) is 12.8. The summed E-state index contributed by atoms with van der Waals surface area (Å²) in [6.07, 6.45) is 2.27. The first-order chi connectivity index (χ1) is 10.7. The molecule has 0 bridgehead atoms. The molecule has 0 spiro atoms. The van der Waals surface area contributed by atoms with E-state index in [4.69, 9.17) is 0 Å². The zero-order chi connectivity index (χ0) is 15.9. The number of hydrogen-bond acceptors (Lipinski definition) is 4. The van der Waals surface area contributed by atoms with Gasteiger partial charge in [0.2, 0.25) is 0 Å². The van der Waals surface area contributed by atoms with Crippen LogP contribution in [0.15, 0.2) is 34.1 Å². The topological polar surface area (TPSA) is 47.6 Å². The minimum atomic E-state index is 0.454. The Kier molecular flexibility index (Phi) is 6.19. The van der Waals surface area contributed by atoms with Crippen molar-refractivity contribution >= 4 is 34.3 Å². The number of nitrogens with zero attached hydrogens (tertiary/aromatic N) is 2. The number of rotatable bonds is 6. The first-order valence-corrected chi connectivity index (χ1v) is 9.38. The quantitative estimate of drug-likeness (QED) is 0.649. The number of nitriles is 2. The summed E-state index contributed by atoms with van der Waals surface area (Å²) in [4.78, 5) is 2.56. The minimum absolute atomic E-state index is 0.454. The second-order valence-corrected chi connectivity index (χ2v) is 7.24. The molecule has 2 aromatic rings. The number of thioether (sulfide) groups is 2. The highest BCUT2D eigenvalue weighted by Gasteiger charge is 2.10. The molecule has 2 aromatic carbocycles. The van der Waals surface area contributed by atoms with Gasteiger partial charge < -0.3 is 0 Å². The molecule has 0 N–H and O–H groups in total. The standard InChI is InChI=1S/C18H18N2S2/c1-3-5-21-17-9-13-7-15(11-19)16(12-20)8-14(13)10-18(17)22-6-4-2/h7-10H,3-6H2,1-2H3. The molecule has 0 amide bonds. The Morgan fingerprint density at radius 3 is 1.50 bits per heavy atom. The first kappa shape index (κ1) is 16.7. The van der Waals surface area contributed by atoms with Crippen LogP contribution in [0.25, 0.3) is 10.8 Å². The molecule has 0 radical (unpaired) electrons. The van der Waals surface area contributed by atoms with Crippen molar-refractivity contribution in [3.8, 4) is 12.1 Å². The van der Waals surface area contributed by atoms with Crippen LogP contribution in [0.3, 0.4) is 0 Å². The summed E-state index contributed by atoms with van der Waals surface area (Å²) in [6, 6.07) is 12.2. The Morgan fingerprint density at radius 1 is 0.773 bits per heavy atom. The Bertz CT molecular complexity index is 690. The molecular formula is C18H18N2S2. The molecule has 0 heterocycles. The van der Waals surface area contributed by atoms with Crippen LogP contribution in [0.5, 0.6) is 0 Å². The molecular weight excluding hydrogens is 308 g/mol. The van der Waals surface area contributed by atoms with Crippen LogP contribution in [0.2, 0.25) is 0 Å². The molecule has 0 unspecified atom stereocenters. The fourth-order valence-electron chi connectivity index (χ4n) is 2.14. The lowest BCUT2D eigenvalue weighted by molar-refractivity contribution is 1.09. The number of fused-ring (bicyclic) bond motifs is 1. The van der Waals surface area contributed by atoms with Crippen LogP contribution in [-0.4, -0.2) is 11.5 Å². The van der Waals surface area contributed by atoms with E-state index in [2.05, 4.69) is 38.1 Å². The summed E-state index contributed by atoms with van der Waals surface area (Å²) < 4.78 is 0. The van der Waals surface area contributed by atoms with Crippen molar-refractivity contribution in [3.63, 3.8) is 0 Å². The van der Waals surface area contributed by atoms with Crippen molar-refractivity contribution in [2.45, 2.75) is 36.5 Å². The van der Waals surface area contributed by atoms with Crippen LogP contribution >= 0.6 is 23.5 Å². The van der Waals surface area contributed by atoms with Crippen LogP contribution in [-0.2, 0) is 0 Å². The molecule has 0 atom stereocenters. The zero-order valence-corrected chi connectivity index (χ0v) is 14.5. The van der Waals surface area contributed by atoms with E-state index in [-0.39, 0.29) is 0 Å². The van der Waals surface area contributed by atoms with Crippen molar-refractivity contribution < 1.29 is 0 Å². The van der Waals surface area contributed by atoms with E-state index in [0.29, 0.717) is 11.1 Å². The van der Waals surface area contributed by atoms with Crippen LogP contribution in [0.1, 0.15) is 37.8 Å². The van der Waals surface area contributed by atoms with Gasteiger partial charge in [0.1, 0.15) is 12.1 Å². The van der Waals surface area contributed by atoms with E-state index >= 15 is 0 Å². The van der Waals surface area contributed by atoms with E-state index in [1.54, 1.807) is 0 Å². The van der Waals surface area contributed by atoms with E-state index in [9.17, 15) is 10.5 Å². The second-order valence-electron chi connectivity index (χ2n) is 4.96. The maximum Gasteiger partial charge on any atom is 0.101 e. The molecule has 22 heavy (non-hydrogen) atoms. The van der Waals surface area contributed by atoms with E-state index in [1.165, 1.54) is 9.79 Å². The average molecular weight is 326 g/mol. The molecule has 0 saturated heterocycles. The largest absolute Gasteiger partial charge is 0.192 e. The summed E-state index contributed by atoms with van der Waals surface area (Å²) >= 11 is 3.73. The SMILES string of the molecule is CCCSc1cc2cc(C#N)c(C#N)cc2cc1SCCC. The van der Waals surface area contributed by atoms with Crippen LogP contribution in [0.4, 0.5) is 0 Å². The second kappa shape index (κ2) is 8.13. The lowest BCUT2D eigenvalue weighted by atomic mass is 10.0. The third-order valence-corrected chi connectivity index (χ3v) is 5.85. The van der Waals surface area contributed by atoms with Gasteiger partial charge >= 0.3 is 0 Å². The van der Waals surface area contributed by atoms with Crippen molar-refractivity contribution in [2.24, 2.45) is 0 Å². The van der Waals surface area contributed by atoms with Gasteiger partial charge in [-0.2, -0.15) is 10.5 Å². The third kappa shape index (κ3) is 3.77. The maximum atomic E-state index is 9.18. The Labute approximate surface area is 140 Å². The Morgan fingerprint density at radius 2 is 1.18 bits per heavy atom. The monoisotopic (exact) mass is 326 g/mol. The highest BCUT2D eigenvalue weighted by molar-refractivity contribution is 8.02. The Hall–Kier alpha value is -1.62. The van der Waals surface area contributed by atoms with Crippen LogP contribution < -0.4 is 0 Å². The molecule has 0 aliphatic heterocycles. The Balaban J connectivity index is 2.56. The summed E-state index contributed by atoms with van der Waals surface area (Å²) in [5.41, 5.74) is 0.908. The maximum absolute atomic E-state index is 9.18.